The average molecular weight is 193 g/mol. The van der Waals surface area contributed by atoms with Crippen molar-refractivity contribution < 1.29 is 5.11 Å². The van der Waals surface area contributed by atoms with Gasteiger partial charge in [0.25, 0.3) is 0 Å². The van der Waals surface area contributed by atoms with E-state index in [-0.39, 0.29) is 6.61 Å². The van der Waals surface area contributed by atoms with E-state index in [1.165, 1.54) is 15.8 Å². The molecule has 0 spiro atoms. The topological polar surface area (TPSA) is 33.1 Å². The molecule has 0 atom stereocenters. The van der Waals surface area contributed by atoms with Gasteiger partial charge in [-0.3, -0.25) is 4.98 Å². The molecule has 0 fully saturated rings. The number of fused-ring (bicyclic) bond motifs is 1. The van der Waals surface area contributed by atoms with Gasteiger partial charge in [0.15, 0.2) is 0 Å². The smallest absolute Gasteiger partial charge is 0.0859 e. The Morgan fingerprint density at radius 2 is 2.15 bits per heavy atom. The number of aromatic nitrogens is 1. The van der Waals surface area contributed by atoms with E-state index in [4.69, 9.17) is 5.11 Å². The third-order valence-electron chi connectivity index (χ3n) is 2.19. The van der Waals surface area contributed by atoms with Crippen molar-refractivity contribution >= 4 is 21.4 Å². The van der Waals surface area contributed by atoms with E-state index < -0.39 is 0 Å². The van der Waals surface area contributed by atoms with Crippen LogP contribution in [0, 0.1) is 13.8 Å². The Morgan fingerprint density at radius 1 is 1.38 bits per heavy atom. The summed E-state index contributed by atoms with van der Waals surface area (Å²) in [5, 5.41) is 12.4. The van der Waals surface area contributed by atoms with Gasteiger partial charge in [0.05, 0.1) is 12.3 Å². The first-order chi connectivity index (χ1) is 6.24. The van der Waals surface area contributed by atoms with Gasteiger partial charge in [-0.15, -0.1) is 11.3 Å². The molecule has 2 nitrogen and oxygen atoms in total. The molecule has 0 bridgehead atoms. The Bertz CT molecular complexity index is 447. The molecule has 0 aliphatic carbocycles. The van der Waals surface area contributed by atoms with Crippen LogP contribution in [0.15, 0.2) is 11.6 Å². The van der Waals surface area contributed by atoms with Crippen LogP contribution in [0.1, 0.15) is 16.8 Å². The molecular weight excluding hydrogens is 182 g/mol. The molecule has 2 heterocycles. The van der Waals surface area contributed by atoms with E-state index in [2.05, 4.69) is 17.3 Å². The quantitative estimate of drug-likeness (QED) is 0.754. The fourth-order valence-electron chi connectivity index (χ4n) is 1.51. The minimum Gasteiger partial charge on any atom is -0.390 e. The summed E-state index contributed by atoms with van der Waals surface area (Å²) in [6.07, 6.45) is 1.82. The lowest BCUT2D eigenvalue weighted by Gasteiger charge is -2.01. The third kappa shape index (κ3) is 1.24. The first kappa shape index (κ1) is 8.66. The third-order valence-corrected chi connectivity index (χ3v) is 3.42. The van der Waals surface area contributed by atoms with Gasteiger partial charge < -0.3 is 5.11 Å². The summed E-state index contributed by atoms with van der Waals surface area (Å²) in [6.45, 7) is 4.12. The van der Waals surface area contributed by atoms with Crippen LogP contribution in [0.5, 0.6) is 0 Å². The Labute approximate surface area is 80.9 Å². The fourth-order valence-corrected chi connectivity index (χ4v) is 2.56. The zero-order chi connectivity index (χ0) is 9.42. The van der Waals surface area contributed by atoms with E-state index in [1.54, 1.807) is 11.3 Å². The molecule has 2 aromatic rings. The molecule has 0 saturated carbocycles. The van der Waals surface area contributed by atoms with Crippen LogP contribution in [-0.2, 0) is 6.61 Å². The van der Waals surface area contributed by atoms with E-state index in [9.17, 15) is 0 Å². The Morgan fingerprint density at radius 3 is 2.85 bits per heavy atom. The molecule has 1 N–H and O–H groups in total. The predicted molar refractivity (Wildman–Crippen MR) is 55.0 cm³/mol. The second-order valence-electron chi connectivity index (χ2n) is 3.17. The number of thiophene rings is 1. The Balaban J connectivity index is 2.88. The van der Waals surface area contributed by atoms with Gasteiger partial charge >= 0.3 is 0 Å². The summed E-state index contributed by atoms with van der Waals surface area (Å²) in [5.41, 5.74) is 3.19. The second kappa shape index (κ2) is 3.09. The van der Waals surface area contributed by atoms with Crippen LogP contribution in [0.4, 0.5) is 0 Å². The minimum absolute atomic E-state index is 0.0222. The van der Waals surface area contributed by atoms with Crippen LogP contribution in [-0.4, -0.2) is 10.1 Å². The molecule has 0 aliphatic rings. The van der Waals surface area contributed by atoms with Gasteiger partial charge in [-0.25, -0.2) is 0 Å². The van der Waals surface area contributed by atoms with Crippen molar-refractivity contribution in [2.75, 3.05) is 0 Å². The average Bonchev–Trinajstić information content (AvgIpc) is 2.51. The van der Waals surface area contributed by atoms with Crippen LogP contribution in [0.2, 0.25) is 0 Å². The van der Waals surface area contributed by atoms with Crippen molar-refractivity contribution in [1.82, 2.24) is 4.98 Å². The van der Waals surface area contributed by atoms with Crippen molar-refractivity contribution in [2.24, 2.45) is 0 Å². The molecular formula is C10H11NOS. The monoisotopic (exact) mass is 193 g/mol. The van der Waals surface area contributed by atoms with Gasteiger partial charge in [-0.1, -0.05) is 0 Å². The standard InChI is InChI=1S/C10H11NOS/c1-6-3-11-8(4-12)9-7(2)5-13-10(6)9/h3,5,12H,4H2,1-2H3. The van der Waals surface area contributed by atoms with Crippen molar-refractivity contribution in [3.8, 4) is 0 Å². The molecule has 0 unspecified atom stereocenters. The van der Waals surface area contributed by atoms with E-state index in [1.807, 2.05) is 13.1 Å². The van der Waals surface area contributed by atoms with Gasteiger partial charge in [-0.2, -0.15) is 0 Å². The number of hydrogen-bond donors (Lipinski definition) is 1. The lowest BCUT2D eigenvalue weighted by atomic mass is 10.1. The maximum Gasteiger partial charge on any atom is 0.0859 e. The Hall–Kier alpha value is -0.930. The van der Waals surface area contributed by atoms with Crippen LogP contribution < -0.4 is 0 Å². The lowest BCUT2D eigenvalue weighted by Crippen LogP contribution is -1.91. The molecule has 2 rings (SSSR count). The number of aliphatic hydroxyl groups excluding tert-OH is 1. The number of pyridine rings is 1. The van der Waals surface area contributed by atoms with E-state index in [0.717, 1.165) is 11.1 Å². The highest BCUT2D eigenvalue weighted by Gasteiger charge is 2.08. The first-order valence-corrected chi connectivity index (χ1v) is 5.05. The van der Waals surface area contributed by atoms with Crippen molar-refractivity contribution in [3.63, 3.8) is 0 Å². The first-order valence-electron chi connectivity index (χ1n) is 4.17. The Kier molecular flexibility index (Phi) is 2.06. The molecule has 13 heavy (non-hydrogen) atoms. The number of aliphatic hydroxyl groups is 1. The lowest BCUT2D eigenvalue weighted by molar-refractivity contribution is 0.278. The number of rotatable bonds is 1. The molecule has 0 aliphatic heterocycles. The molecule has 0 saturated heterocycles. The predicted octanol–water partition coefficient (Wildman–Crippen LogP) is 2.41. The molecule has 2 aromatic heterocycles. The van der Waals surface area contributed by atoms with Crippen molar-refractivity contribution in [3.05, 3.63) is 28.4 Å². The van der Waals surface area contributed by atoms with Gasteiger partial charge in [-0.05, 0) is 30.4 Å². The van der Waals surface area contributed by atoms with Gasteiger partial charge in [0.1, 0.15) is 0 Å². The zero-order valence-electron chi connectivity index (χ0n) is 7.66. The zero-order valence-corrected chi connectivity index (χ0v) is 8.48. The minimum atomic E-state index is 0.0222. The van der Waals surface area contributed by atoms with E-state index in [0.29, 0.717) is 0 Å². The summed E-state index contributed by atoms with van der Waals surface area (Å²) in [6, 6.07) is 0. The normalized spacial score (nSPS) is 11.0. The summed E-state index contributed by atoms with van der Waals surface area (Å²) in [5.74, 6) is 0. The van der Waals surface area contributed by atoms with Crippen LogP contribution in [0.25, 0.3) is 10.1 Å². The summed E-state index contributed by atoms with van der Waals surface area (Å²) < 4.78 is 1.25. The number of nitrogens with zero attached hydrogens (tertiary/aromatic N) is 1. The highest BCUT2D eigenvalue weighted by molar-refractivity contribution is 7.17. The largest absolute Gasteiger partial charge is 0.390 e. The highest BCUT2D eigenvalue weighted by Crippen LogP contribution is 2.29. The maximum atomic E-state index is 9.11. The second-order valence-corrected chi connectivity index (χ2v) is 4.05. The SMILES string of the molecule is Cc1cnc(CO)c2c(C)csc12. The maximum absolute atomic E-state index is 9.11. The molecule has 68 valence electrons. The molecule has 0 amide bonds. The summed E-state index contributed by atoms with van der Waals surface area (Å²) in [4.78, 5) is 4.21. The highest BCUT2D eigenvalue weighted by atomic mass is 32.1. The van der Waals surface area contributed by atoms with Gasteiger partial charge in [0.2, 0.25) is 0 Å². The molecule has 0 aromatic carbocycles. The van der Waals surface area contributed by atoms with Crippen LogP contribution in [0.3, 0.4) is 0 Å². The fraction of sp³-hybridized carbons (Fsp3) is 0.300. The number of hydrogen-bond acceptors (Lipinski definition) is 3. The number of aryl methyl sites for hydroxylation is 2. The summed E-state index contributed by atoms with van der Waals surface area (Å²) >= 11 is 1.72. The molecule has 0 radical (unpaired) electrons. The van der Waals surface area contributed by atoms with Crippen LogP contribution >= 0.6 is 11.3 Å². The summed E-state index contributed by atoms with van der Waals surface area (Å²) in [7, 11) is 0. The van der Waals surface area contributed by atoms with Crippen molar-refractivity contribution in [2.45, 2.75) is 20.5 Å². The van der Waals surface area contributed by atoms with Gasteiger partial charge in [0, 0.05) is 16.3 Å². The van der Waals surface area contributed by atoms with Crippen molar-refractivity contribution in [1.29, 1.82) is 0 Å². The molecule has 3 heteroatoms. The van der Waals surface area contributed by atoms with E-state index >= 15 is 0 Å².